The summed E-state index contributed by atoms with van der Waals surface area (Å²) in [5, 5.41) is 8.31. The van der Waals surface area contributed by atoms with Gasteiger partial charge in [0.05, 0.1) is 5.69 Å². The molecule has 1 N–H and O–H groups in total. The first-order valence-corrected chi connectivity index (χ1v) is 8.54. The highest BCUT2D eigenvalue weighted by molar-refractivity contribution is 7.99. The molecule has 1 aromatic rings. The van der Waals surface area contributed by atoms with Gasteiger partial charge in [0.25, 0.3) is 0 Å². The Balaban J connectivity index is 2.62. The molecule has 19 heavy (non-hydrogen) atoms. The summed E-state index contributed by atoms with van der Waals surface area (Å²) in [6, 6.07) is 0.930. The van der Waals surface area contributed by atoms with Crippen molar-refractivity contribution >= 4 is 11.8 Å². The Kier molecular flexibility index (Phi) is 6.94. The molecule has 0 aromatic carbocycles. The number of aryl methyl sites for hydroxylation is 2. The maximum atomic E-state index is 4.60. The fourth-order valence-corrected chi connectivity index (χ4v) is 3.45. The fourth-order valence-electron chi connectivity index (χ4n) is 2.64. The molecule has 1 heterocycles. The second-order valence-electron chi connectivity index (χ2n) is 5.18. The smallest absolute Gasteiger partial charge is 0.0644 e. The van der Waals surface area contributed by atoms with Gasteiger partial charge in [0.15, 0.2) is 0 Å². The highest BCUT2D eigenvalue weighted by Gasteiger charge is 2.18. The Morgan fingerprint density at radius 2 is 1.95 bits per heavy atom. The van der Waals surface area contributed by atoms with E-state index in [1.54, 1.807) is 0 Å². The van der Waals surface area contributed by atoms with Gasteiger partial charge in [0.1, 0.15) is 0 Å². The van der Waals surface area contributed by atoms with Gasteiger partial charge in [-0.1, -0.05) is 6.92 Å². The summed E-state index contributed by atoms with van der Waals surface area (Å²) in [6.07, 6.45) is 1.23. The van der Waals surface area contributed by atoms with Crippen LogP contribution in [0.4, 0.5) is 0 Å². The van der Waals surface area contributed by atoms with Crippen molar-refractivity contribution in [3.63, 3.8) is 0 Å². The standard InChI is InChI=1S/C15H29N3S/c1-7-18-14(6)15(13(5)17-18)12(4)16-11(3)9-10-19-8-2/h11-12,16H,7-10H2,1-6H3. The third-order valence-electron chi connectivity index (χ3n) is 3.60. The first kappa shape index (κ1) is 16.6. The van der Waals surface area contributed by atoms with Crippen LogP contribution in [0.15, 0.2) is 0 Å². The van der Waals surface area contributed by atoms with Crippen molar-refractivity contribution in [2.75, 3.05) is 11.5 Å². The van der Waals surface area contributed by atoms with Crippen LogP contribution in [0.25, 0.3) is 0 Å². The van der Waals surface area contributed by atoms with Crippen LogP contribution in [0.2, 0.25) is 0 Å². The van der Waals surface area contributed by atoms with Crippen molar-refractivity contribution in [2.24, 2.45) is 0 Å². The molecule has 0 aliphatic rings. The van der Waals surface area contributed by atoms with E-state index in [9.17, 15) is 0 Å². The quantitative estimate of drug-likeness (QED) is 0.738. The van der Waals surface area contributed by atoms with E-state index in [1.165, 1.54) is 29.2 Å². The molecule has 2 atom stereocenters. The van der Waals surface area contributed by atoms with Crippen molar-refractivity contribution in [2.45, 2.75) is 66.6 Å². The summed E-state index contributed by atoms with van der Waals surface area (Å²) in [5.74, 6) is 2.45. The molecule has 0 saturated heterocycles. The number of aromatic nitrogens is 2. The van der Waals surface area contributed by atoms with E-state index in [4.69, 9.17) is 0 Å². The number of thioether (sulfide) groups is 1. The van der Waals surface area contributed by atoms with Gasteiger partial charge in [-0.25, -0.2) is 0 Å². The lowest BCUT2D eigenvalue weighted by Crippen LogP contribution is -2.30. The predicted molar refractivity (Wildman–Crippen MR) is 86.0 cm³/mol. The van der Waals surface area contributed by atoms with Crippen molar-refractivity contribution in [3.05, 3.63) is 17.0 Å². The molecule has 1 rings (SSSR count). The SMILES string of the molecule is CCSCCC(C)NC(C)c1c(C)nn(CC)c1C. The van der Waals surface area contributed by atoms with Gasteiger partial charge in [-0.15, -0.1) is 0 Å². The van der Waals surface area contributed by atoms with Gasteiger partial charge >= 0.3 is 0 Å². The third kappa shape index (κ3) is 4.53. The summed E-state index contributed by atoms with van der Waals surface area (Å²) >= 11 is 2.02. The largest absolute Gasteiger partial charge is 0.308 e. The number of nitrogens with one attached hydrogen (secondary N) is 1. The zero-order chi connectivity index (χ0) is 14.4. The Morgan fingerprint density at radius 1 is 1.26 bits per heavy atom. The van der Waals surface area contributed by atoms with Gasteiger partial charge in [-0.3, -0.25) is 4.68 Å². The van der Waals surface area contributed by atoms with E-state index in [1.807, 2.05) is 11.8 Å². The Bertz CT molecular complexity index is 387. The summed E-state index contributed by atoms with van der Waals surface area (Å²) in [7, 11) is 0. The molecule has 0 bridgehead atoms. The van der Waals surface area contributed by atoms with E-state index >= 15 is 0 Å². The zero-order valence-electron chi connectivity index (χ0n) is 13.3. The summed E-state index contributed by atoms with van der Waals surface area (Å²) in [5.41, 5.74) is 3.83. The summed E-state index contributed by atoms with van der Waals surface area (Å²) < 4.78 is 2.10. The highest BCUT2D eigenvalue weighted by Crippen LogP contribution is 2.22. The lowest BCUT2D eigenvalue weighted by molar-refractivity contribution is 0.468. The molecule has 0 radical (unpaired) electrons. The summed E-state index contributed by atoms with van der Waals surface area (Å²) in [6.45, 7) is 14.1. The number of nitrogens with zero attached hydrogens (tertiary/aromatic N) is 2. The average molecular weight is 283 g/mol. The number of hydrogen-bond acceptors (Lipinski definition) is 3. The van der Waals surface area contributed by atoms with Gasteiger partial charge in [0.2, 0.25) is 0 Å². The molecule has 4 heteroatoms. The summed E-state index contributed by atoms with van der Waals surface area (Å²) in [4.78, 5) is 0. The molecule has 0 saturated carbocycles. The van der Waals surface area contributed by atoms with Crippen LogP contribution >= 0.6 is 11.8 Å². The second kappa shape index (κ2) is 7.95. The molecule has 0 aliphatic carbocycles. The van der Waals surface area contributed by atoms with Gasteiger partial charge in [0, 0.05) is 29.9 Å². The van der Waals surface area contributed by atoms with Crippen LogP contribution in [0.3, 0.4) is 0 Å². The van der Waals surface area contributed by atoms with Gasteiger partial charge in [-0.2, -0.15) is 16.9 Å². The van der Waals surface area contributed by atoms with Crippen LogP contribution in [0.5, 0.6) is 0 Å². The number of rotatable bonds is 8. The lowest BCUT2D eigenvalue weighted by Gasteiger charge is -2.20. The first-order valence-electron chi connectivity index (χ1n) is 7.38. The van der Waals surface area contributed by atoms with Crippen LogP contribution < -0.4 is 5.32 Å². The molecule has 3 nitrogen and oxygen atoms in total. The molecule has 0 fully saturated rings. The minimum absolute atomic E-state index is 0.377. The first-order chi connectivity index (χ1) is 9.01. The lowest BCUT2D eigenvalue weighted by atomic mass is 10.1. The Labute approximate surface area is 122 Å². The van der Waals surface area contributed by atoms with Gasteiger partial charge in [-0.05, 0) is 52.5 Å². The monoisotopic (exact) mass is 283 g/mol. The van der Waals surface area contributed by atoms with E-state index < -0.39 is 0 Å². The zero-order valence-corrected chi connectivity index (χ0v) is 14.1. The molecule has 110 valence electrons. The van der Waals surface area contributed by atoms with Crippen molar-refractivity contribution < 1.29 is 0 Å². The molecule has 0 amide bonds. The maximum Gasteiger partial charge on any atom is 0.0644 e. The molecule has 0 spiro atoms. The topological polar surface area (TPSA) is 29.9 Å². The van der Waals surface area contributed by atoms with E-state index in [2.05, 4.69) is 56.6 Å². The van der Waals surface area contributed by atoms with E-state index in [-0.39, 0.29) is 0 Å². The normalized spacial score (nSPS) is 14.6. The fraction of sp³-hybridized carbons (Fsp3) is 0.800. The van der Waals surface area contributed by atoms with Crippen LogP contribution in [0, 0.1) is 13.8 Å². The average Bonchev–Trinajstić information content (AvgIpc) is 2.64. The number of hydrogen-bond donors (Lipinski definition) is 1. The third-order valence-corrected chi connectivity index (χ3v) is 4.54. The second-order valence-corrected chi connectivity index (χ2v) is 6.57. The predicted octanol–water partition coefficient (Wildman–Crippen LogP) is 3.70. The van der Waals surface area contributed by atoms with E-state index in [0.717, 1.165) is 12.2 Å². The van der Waals surface area contributed by atoms with Crippen molar-refractivity contribution in [1.29, 1.82) is 0 Å². The van der Waals surface area contributed by atoms with Crippen LogP contribution in [-0.4, -0.2) is 27.3 Å². The minimum atomic E-state index is 0.377. The van der Waals surface area contributed by atoms with E-state index in [0.29, 0.717) is 12.1 Å². The van der Waals surface area contributed by atoms with Crippen LogP contribution in [-0.2, 0) is 6.54 Å². The molecule has 2 unspecified atom stereocenters. The molecular formula is C15H29N3S. The van der Waals surface area contributed by atoms with Crippen molar-refractivity contribution in [1.82, 2.24) is 15.1 Å². The molecule has 1 aromatic heterocycles. The minimum Gasteiger partial charge on any atom is -0.308 e. The van der Waals surface area contributed by atoms with Gasteiger partial charge < -0.3 is 5.32 Å². The Hall–Kier alpha value is -0.480. The van der Waals surface area contributed by atoms with Crippen molar-refractivity contribution in [3.8, 4) is 0 Å². The highest BCUT2D eigenvalue weighted by atomic mass is 32.2. The van der Waals surface area contributed by atoms with Crippen LogP contribution in [0.1, 0.15) is 57.1 Å². The molecule has 0 aliphatic heterocycles. The maximum absolute atomic E-state index is 4.60. The molecular weight excluding hydrogens is 254 g/mol. The Morgan fingerprint density at radius 3 is 2.47 bits per heavy atom.